The van der Waals surface area contributed by atoms with E-state index in [0.29, 0.717) is 17.1 Å². The molecule has 0 saturated heterocycles. The van der Waals surface area contributed by atoms with Gasteiger partial charge >= 0.3 is 5.97 Å². The number of hydrogen-bond donors (Lipinski definition) is 2. The van der Waals surface area contributed by atoms with Crippen molar-refractivity contribution >= 4 is 5.97 Å². The average Bonchev–Trinajstić information content (AvgIpc) is 2.35. The van der Waals surface area contributed by atoms with Gasteiger partial charge in [-0.05, 0) is 6.07 Å². The third-order valence-electron chi connectivity index (χ3n) is 2.73. The number of rotatable bonds is 5. The largest absolute Gasteiger partial charge is 0.497 e. The van der Waals surface area contributed by atoms with Crippen LogP contribution in [0.2, 0.25) is 0 Å². The first kappa shape index (κ1) is 13.3. The van der Waals surface area contributed by atoms with E-state index in [1.165, 1.54) is 7.11 Å². The van der Waals surface area contributed by atoms with Gasteiger partial charge in [-0.3, -0.25) is 4.79 Å². The minimum atomic E-state index is -0.935. The van der Waals surface area contributed by atoms with Crippen molar-refractivity contribution in [2.75, 3.05) is 14.2 Å². The zero-order valence-electron chi connectivity index (χ0n) is 10.1. The molecule has 1 aromatic carbocycles. The monoisotopic (exact) mass is 239 g/mol. The highest BCUT2D eigenvalue weighted by Gasteiger charge is 2.24. The zero-order valence-corrected chi connectivity index (χ0v) is 10.1. The number of carboxylic acid groups (broad SMARTS) is 1. The van der Waals surface area contributed by atoms with Crippen molar-refractivity contribution in [2.45, 2.75) is 13.0 Å². The smallest absolute Gasteiger partial charge is 0.308 e. The van der Waals surface area contributed by atoms with E-state index in [1.54, 1.807) is 32.2 Å². The quantitative estimate of drug-likeness (QED) is 0.812. The second-order valence-corrected chi connectivity index (χ2v) is 3.76. The number of carboxylic acids is 1. The Kier molecular flexibility index (Phi) is 4.34. The lowest BCUT2D eigenvalue weighted by molar-refractivity contribution is -0.141. The van der Waals surface area contributed by atoms with Crippen molar-refractivity contribution in [2.24, 2.45) is 11.7 Å². The summed E-state index contributed by atoms with van der Waals surface area (Å²) in [6.07, 6.45) is 0. The Bertz CT molecular complexity index is 405. The Labute approximate surface area is 100 Å². The molecule has 0 aliphatic rings. The van der Waals surface area contributed by atoms with E-state index in [-0.39, 0.29) is 0 Å². The molecule has 0 aliphatic heterocycles. The Morgan fingerprint density at radius 3 is 2.47 bits per heavy atom. The van der Waals surface area contributed by atoms with Crippen LogP contribution in [0.4, 0.5) is 0 Å². The summed E-state index contributed by atoms with van der Waals surface area (Å²) in [5.41, 5.74) is 6.56. The SMILES string of the molecule is COc1ccc(C(N)C(C)C(=O)O)c(OC)c1. The molecule has 94 valence electrons. The number of hydrogen-bond acceptors (Lipinski definition) is 4. The molecule has 0 radical (unpaired) electrons. The number of aliphatic carboxylic acids is 1. The van der Waals surface area contributed by atoms with Crippen LogP contribution in [0.15, 0.2) is 18.2 Å². The molecule has 2 atom stereocenters. The van der Waals surface area contributed by atoms with Gasteiger partial charge in [0.25, 0.3) is 0 Å². The van der Waals surface area contributed by atoms with Gasteiger partial charge in [0.15, 0.2) is 0 Å². The first-order valence-electron chi connectivity index (χ1n) is 5.21. The summed E-state index contributed by atoms with van der Waals surface area (Å²) < 4.78 is 10.2. The molecule has 0 aliphatic carbocycles. The summed E-state index contributed by atoms with van der Waals surface area (Å²) in [7, 11) is 3.06. The number of carbonyl (C=O) groups is 1. The van der Waals surface area contributed by atoms with Crippen LogP contribution in [-0.4, -0.2) is 25.3 Å². The predicted octanol–water partition coefficient (Wildman–Crippen LogP) is 1.42. The standard InChI is InChI=1S/C12H17NO4/c1-7(12(14)15)11(13)9-5-4-8(16-2)6-10(9)17-3/h4-7,11H,13H2,1-3H3,(H,14,15). The first-order valence-corrected chi connectivity index (χ1v) is 5.21. The van der Waals surface area contributed by atoms with Crippen LogP contribution in [0.3, 0.4) is 0 Å². The lowest BCUT2D eigenvalue weighted by Crippen LogP contribution is -2.26. The van der Waals surface area contributed by atoms with Gasteiger partial charge in [-0.2, -0.15) is 0 Å². The van der Waals surface area contributed by atoms with E-state index in [2.05, 4.69) is 0 Å². The molecular weight excluding hydrogens is 222 g/mol. The molecule has 3 N–H and O–H groups in total. The summed E-state index contributed by atoms with van der Waals surface area (Å²) in [6.45, 7) is 1.57. The number of nitrogens with two attached hydrogens (primary N) is 1. The van der Waals surface area contributed by atoms with Crippen molar-refractivity contribution in [3.05, 3.63) is 23.8 Å². The van der Waals surface area contributed by atoms with Crippen molar-refractivity contribution in [3.8, 4) is 11.5 Å². The fourth-order valence-corrected chi connectivity index (χ4v) is 1.52. The third-order valence-corrected chi connectivity index (χ3v) is 2.73. The fraction of sp³-hybridized carbons (Fsp3) is 0.417. The normalized spacial score (nSPS) is 13.9. The molecule has 1 aromatic rings. The molecule has 0 aromatic heterocycles. The molecule has 2 unspecified atom stereocenters. The van der Waals surface area contributed by atoms with Gasteiger partial charge in [0.05, 0.1) is 20.1 Å². The molecule has 0 bridgehead atoms. The van der Waals surface area contributed by atoms with Crippen LogP contribution in [0.5, 0.6) is 11.5 Å². The van der Waals surface area contributed by atoms with Crippen LogP contribution >= 0.6 is 0 Å². The Balaban J connectivity index is 3.08. The van der Waals surface area contributed by atoms with Crippen molar-refractivity contribution in [1.82, 2.24) is 0 Å². The highest BCUT2D eigenvalue weighted by atomic mass is 16.5. The lowest BCUT2D eigenvalue weighted by Gasteiger charge is -2.19. The predicted molar refractivity (Wildman–Crippen MR) is 63.3 cm³/mol. The van der Waals surface area contributed by atoms with E-state index in [1.807, 2.05) is 0 Å². The molecule has 0 saturated carbocycles. The van der Waals surface area contributed by atoms with Crippen molar-refractivity contribution < 1.29 is 19.4 Å². The lowest BCUT2D eigenvalue weighted by atomic mass is 9.94. The van der Waals surface area contributed by atoms with E-state index in [9.17, 15) is 4.79 Å². The van der Waals surface area contributed by atoms with Crippen molar-refractivity contribution in [3.63, 3.8) is 0 Å². The Morgan fingerprint density at radius 2 is 2.00 bits per heavy atom. The van der Waals surface area contributed by atoms with Gasteiger partial charge in [0.1, 0.15) is 11.5 Å². The van der Waals surface area contributed by atoms with E-state index in [4.69, 9.17) is 20.3 Å². The Morgan fingerprint density at radius 1 is 1.35 bits per heavy atom. The number of benzene rings is 1. The van der Waals surface area contributed by atoms with Gasteiger partial charge in [0, 0.05) is 17.7 Å². The van der Waals surface area contributed by atoms with Crippen LogP contribution in [-0.2, 0) is 4.79 Å². The van der Waals surface area contributed by atoms with Gasteiger partial charge in [-0.15, -0.1) is 0 Å². The second-order valence-electron chi connectivity index (χ2n) is 3.76. The first-order chi connectivity index (χ1) is 8.01. The molecule has 1 rings (SSSR count). The summed E-state index contributed by atoms with van der Waals surface area (Å²) in [5.74, 6) is -0.446. The highest BCUT2D eigenvalue weighted by molar-refractivity contribution is 5.71. The van der Waals surface area contributed by atoms with Gasteiger partial charge in [-0.1, -0.05) is 13.0 Å². The molecular formula is C12H17NO4. The number of methoxy groups -OCH3 is 2. The van der Waals surface area contributed by atoms with Gasteiger partial charge in [0.2, 0.25) is 0 Å². The van der Waals surface area contributed by atoms with Crippen molar-refractivity contribution in [1.29, 1.82) is 0 Å². The topological polar surface area (TPSA) is 81.8 Å². The van der Waals surface area contributed by atoms with Crippen LogP contribution in [0.1, 0.15) is 18.5 Å². The summed E-state index contributed by atoms with van der Waals surface area (Å²) in [4.78, 5) is 10.9. The minimum Gasteiger partial charge on any atom is -0.497 e. The molecule has 0 amide bonds. The van der Waals surface area contributed by atoms with E-state index >= 15 is 0 Å². The average molecular weight is 239 g/mol. The molecule has 5 heteroatoms. The summed E-state index contributed by atoms with van der Waals surface area (Å²) in [6, 6.07) is 4.52. The summed E-state index contributed by atoms with van der Waals surface area (Å²) in [5, 5.41) is 8.93. The number of ether oxygens (including phenoxy) is 2. The Hall–Kier alpha value is -1.75. The van der Waals surface area contributed by atoms with Gasteiger partial charge in [-0.25, -0.2) is 0 Å². The van der Waals surface area contributed by atoms with Crippen LogP contribution in [0.25, 0.3) is 0 Å². The molecule has 0 fully saturated rings. The molecule has 0 spiro atoms. The van der Waals surface area contributed by atoms with E-state index < -0.39 is 17.9 Å². The maximum atomic E-state index is 10.9. The fourth-order valence-electron chi connectivity index (χ4n) is 1.52. The third kappa shape index (κ3) is 2.88. The molecule has 5 nitrogen and oxygen atoms in total. The minimum absolute atomic E-state index is 0.532. The van der Waals surface area contributed by atoms with Gasteiger partial charge < -0.3 is 20.3 Å². The van der Waals surface area contributed by atoms with Crippen LogP contribution < -0.4 is 15.2 Å². The summed E-state index contributed by atoms with van der Waals surface area (Å²) >= 11 is 0. The maximum Gasteiger partial charge on any atom is 0.308 e. The maximum absolute atomic E-state index is 10.9. The second kappa shape index (κ2) is 5.54. The highest BCUT2D eigenvalue weighted by Crippen LogP contribution is 2.31. The molecule has 0 heterocycles. The zero-order chi connectivity index (χ0) is 13.0. The van der Waals surface area contributed by atoms with Crippen LogP contribution in [0, 0.1) is 5.92 Å². The molecule has 17 heavy (non-hydrogen) atoms. The van der Waals surface area contributed by atoms with E-state index in [0.717, 1.165) is 0 Å².